The van der Waals surface area contributed by atoms with Gasteiger partial charge in [0.25, 0.3) is 0 Å². The predicted molar refractivity (Wildman–Crippen MR) is 110 cm³/mol. The van der Waals surface area contributed by atoms with Crippen molar-refractivity contribution in [3.05, 3.63) is 47.5 Å². The molecule has 27 heavy (non-hydrogen) atoms. The zero-order valence-electron chi connectivity index (χ0n) is 16.8. The van der Waals surface area contributed by atoms with Gasteiger partial charge in [-0.1, -0.05) is 49.6 Å². The highest BCUT2D eigenvalue weighted by molar-refractivity contribution is 5.79. The molecule has 1 saturated carbocycles. The molecule has 1 aliphatic carbocycles. The first-order valence-electron chi connectivity index (χ1n) is 10.1. The first kappa shape index (κ1) is 19.4. The van der Waals surface area contributed by atoms with Gasteiger partial charge in [0.1, 0.15) is 12.2 Å². The van der Waals surface area contributed by atoms with E-state index in [-0.39, 0.29) is 5.41 Å². The normalized spacial score (nSPS) is 16.5. The molecule has 1 aromatic heterocycles. The van der Waals surface area contributed by atoms with Crippen molar-refractivity contribution in [2.24, 2.45) is 4.99 Å². The van der Waals surface area contributed by atoms with Gasteiger partial charge in [-0.15, -0.1) is 10.2 Å². The van der Waals surface area contributed by atoms with Crippen molar-refractivity contribution in [1.82, 2.24) is 25.4 Å². The van der Waals surface area contributed by atoms with Crippen molar-refractivity contribution in [2.45, 2.75) is 57.9 Å². The summed E-state index contributed by atoms with van der Waals surface area (Å²) in [7, 11) is 1.83. The van der Waals surface area contributed by atoms with Gasteiger partial charge in [0, 0.05) is 38.5 Å². The summed E-state index contributed by atoms with van der Waals surface area (Å²) in [4.78, 5) is 4.41. The summed E-state index contributed by atoms with van der Waals surface area (Å²) < 4.78 is 2.09. The highest BCUT2D eigenvalue weighted by Crippen LogP contribution is 2.40. The summed E-state index contributed by atoms with van der Waals surface area (Å²) in [6, 6.07) is 8.99. The number of nitrogens with one attached hydrogen (secondary N) is 2. The van der Waals surface area contributed by atoms with Crippen LogP contribution in [-0.4, -0.2) is 40.9 Å². The quantitative estimate of drug-likeness (QED) is 0.582. The minimum Gasteiger partial charge on any atom is -0.356 e. The average Bonchev–Trinajstić information content (AvgIpc) is 3.34. The van der Waals surface area contributed by atoms with Crippen LogP contribution in [0.1, 0.15) is 49.6 Å². The first-order valence-corrected chi connectivity index (χ1v) is 10.1. The lowest BCUT2D eigenvalue weighted by Crippen LogP contribution is -2.45. The van der Waals surface area contributed by atoms with Crippen molar-refractivity contribution < 1.29 is 0 Å². The van der Waals surface area contributed by atoms with E-state index in [4.69, 9.17) is 0 Å². The maximum Gasteiger partial charge on any atom is 0.191 e. The molecule has 0 atom stereocenters. The molecule has 2 aromatic rings. The van der Waals surface area contributed by atoms with E-state index in [0.29, 0.717) is 0 Å². The molecular weight excluding hydrogens is 336 g/mol. The van der Waals surface area contributed by atoms with Crippen LogP contribution in [0.25, 0.3) is 0 Å². The number of guanidine groups is 1. The van der Waals surface area contributed by atoms with E-state index >= 15 is 0 Å². The molecule has 3 rings (SSSR count). The smallest absolute Gasteiger partial charge is 0.191 e. The van der Waals surface area contributed by atoms with E-state index in [1.807, 2.05) is 7.05 Å². The first-order chi connectivity index (χ1) is 13.2. The van der Waals surface area contributed by atoms with Gasteiger partial charge in [0.05, 0.1) is 0 Å². The van der Waals surface area contributed by atoms with Gasteiger partial charge in [-0.3, -0.25) is 4.99 Å². The van der Waals surface area contributed by atoms with Crippen LogP contribution in [-0.2, 0) is 18.4 Å². The largest absolute Gasteiger partial charge is 0.356 e. The molecule has 6 heteroatoms. The second kappa shape index (κ2) is 9.02. The fraction of sp³-hybridized carbons (Fsp3) is 0.571. The van der Waals surface area contributed by atoms with Crippen molar-refractivity contribution in [2.75, 3.05) is 20.1 Å². The highest BCUT2D eigenvalue weighted by atomic mass is 15.3. The molecule has 6 nitrogen and oxygen atoms in total. The van der Waals surface area contributed by atoms with Gasteiger partial charge in [-0.25, -0.2) is 0 Å². The Morgan fingerprint density at radius 1 is 1.26 bits per heavy atom. The van der Waals surface area contributed by atoms with Crippen LogP contribution in [0.4, 0.5) is 0 Å². The molecule has 0 saturated heterocycles. The number of aliphatic imine (C=N–C) groups is 1. The Balaban J connectivity index is 1.57. The molecule has 0 radical (unpaired) electrons. The maximum atomic E-state index is 4.41. The molecule has 146 valence electrons. The molecule has 1 fully saturated rings. The van der Waals surface area contributed by atoms with Gasteiger partial charge in [0.15, 0.2) is 5.96 Å². The maximum absolute atomic E-state index is 4.41. The molecule has 1 aliphatic rings. The molecule has 0 bridgehead atoms. The molecule has 2 N–H and O–H groups in total. The third-order valence-electron chi connectivity index (χ3n) is 5.67. The number of benzene rings is 1. The summed E-state index contributed by atoms with van der Waals surface area (Å²) in [5, 5.41) is 15.1. The van der Waals surface area contributed by atoms with Gasteiger partial charge in [-0.05, 0) is 25.3 Å². The summed E-state index contributed by atoms with van der Waals surface area (Å²) in [5.74, 6) is 1.88. The van der Waals surface area contributed by atoms with E-state index in [1.54, 1.807) is 6.33 Å². The third-order valence-corrected chi connectivity index (χ3v) is 5.67. The van der Waals surface area contributed by atoms with Gasteiger partial charge in [-0.2, -0.15) is 0 Å². The summed E-state index contributed by atoms with van der Waals surface area (Å²) in [5.41, 5.74) is 3.01. The van der Waals surface area contributed by atoms with Gasteiger partial charge >= 0.3 is 0 Å². The summed E-state index contributed by atoms with van der Waals surface area (Å²) in [6.07, 6.45) is 7.76. The molecule has 0 amide bonds. The Morgan fingerprint density at radius 2 is 2.07 bits per heavy atom. The average molecular weight is 369 g/mol. The van der Waals surface area contributed by atoms with Crippen LogP contribution >= 0.6 is 0 Å². The number of aryl methyl sites for hydroxylation is 2. The number of hydrogen-bond acceptors (Lipinski definition) is 3. The van der Waals surface area contributed by atoms with E-state index in [0.717, 1.165) is 37.8 Å². The van der Waals surface area contributed by atoms with Crippen LogP contribution < -0.4 is 10.6 Å². The van der Waals surface area contributed by atoms with Gasteiger partial charge in [0.2, 0.25) is 0 Å². The Labute approximate surface area is 162 Å². The lowest BCUT2D eigenvalue weighted by molar-refractivity contribution is 0.431. The Hall–Kier alpha value is -2.37. The Kier molecular flexibility index (Phi) is 6.48. The monoisotopic (exact) mass is 368 g/mol. The topological polar surface area (TPSA) is 67.1 Å². The molecule has 1 heterocycles. The molecule has 1 aromatic carbocycles. The summed E-state index contributed by atoms with van der Waals surface area (Å²) >= 11 is 0. The second-order valence-corrected chi connectivity index (χ2v) is 7.50. The van der Waals surface area contributed by atoms with Crippen LogP contribution in [0.3, 0.4) is 0 Å². The van der Waals surface area contributed by atoms with Crippen LogP contribution in [0.2, 0.25) is 0 Å². The number of nitrogens with zero attached hydrogens (tertiary/aromatic N) is 4. The molecular formula is C21H32N6. The zero-order valence-corrected chi connectivity index (χ0v) is 16.8. The van der Waals surface area contributed by atoms with Crippen LogP contribution in [0.5, 0.6) is 0 Å². The second-order valence-electron chi connectivity index (χ2n) is 7.50. The van der Waals surface area contributed by atoms with E-state index < -0.39 is 0 Å². The Bertz CT molecular complexity index is 758. The summed E-state index contributed by atoms with van der Waals surface area (Å²) in [6.45, 7) is 6.82. The number of aromatic nitrogens is 3. The molecule has 0 spiro atoms. The third kappa shape index (κ3) is 4.67. The lowest BCUT2D eigenvalue weighted by Gasteiger charge is -2.31. The molecule has 0 unspecified atom stereocenters. The zero-order chi connectivity index (χ0) is 19.1. The number of hydrogen-bond donors (Lipinski definition) is 2. The minimum atomic E-state index is 0.216. The number of rotatable bonds is 7. The van der Waals surface area contributed by atoms with E-state index in [9.17, 15) is 0 Å². The Morgan fingerprint density at radius 3 is 2.78 bits per heavy atom. The fourth-order valence-corrected chi connectivity index (χ4v) is 4.10. The van der Waals surface area contributed by atoms with Crippen LogP contribution in [0, 0.1) is 6.92 Å². The molecule has 0 aliphatic heterocycles. The van der Waals surface area contributed by atoms with Crippen molar-refractivity contribution >= 4 is 5.96 Å². The predicted octanol–water partition coefficient (Wildman–Crippen LogP) is 2.83. The van der Waals surface area contributed by atoms with E-state index in [1.165, 1.54) is 36.8 Å². The van der Waals surface area contributed by atoms with Crippen molar-refractivity contribution in [3.63, 3.8) is 0 Å². The van der Waals surface area contributed by atoms with E-state index in [2.05, 4.69) is 68.5 Å². The standard InChI is InChI=1S/C21H32N6/c1-4-19-26-25-16-27(19)13-12-23-20(22-3)24-15-21(10-5-6-11-21)18-9-7-8-17(2)14-18/h7-9,14,16H,4-6,10-13,15H2,1-3H3,(H2,22,23,24). The lowest BCUT2D eigenvalue weighted by atomic mass is 9.78. The SMILES string of the molecule is CCc1nncn1CCNC(=NC)NCC1(c2cccc(C)c2)CCCC1. The fourth-order valence-electron chi connectivity index (χ4n) is 4.10. The minimum absolute atomic E-state index is 0.216. The highest BCUT2D eigenvalue weighted by Gasteiger charge is 2.35. The van der Waals surface area contributed by atoms with Crippen molar-refractivity contribution in [3.8, 4) is 0 Å². The van der Waals surface area contributed by atoms with Gasteiger partial charge < -0.3 is 15.2 Å². The van der Waals surface area contributed by atoms with Crippen molar-refractivity contribution in [1.29, 1.82) is 0 Å². The van der Waals surface area contributed by atoms with Crippen LogP contribution in [0.15, 0.2) is 35.6 Å².